The van der Waals surface area contributed by atoms with E-state index < -0.39 is 0 Å². The van der Waals surface area contributed by atoms with Gasteiger partial charge < -0.3 is 4.90 Å². The molecule has 2 aromatic heterocycles. The molecule has 0 radical (unpaired) electrons. The Bertz CT molecular complexity index is 976. The Morgan fingerprint density at radius 1 is 1.16 bits per heavy atom. The highest BCUT2D eigenvalue weighted by atomic mass is 32.1. The molecular weight excluding hydrogens is 336 g/mol. The number of rotatable bonds is 4. The zero-order valence-corrected chi connectivity index (χ0v) is 14.2. The molecule has 0 aliphatic rings. The van der Waals surface area contributed by atoms with E-state index >= 15 is 0 Å². The first-order valence-electron chi connectivity index (χ1n) is 7.64. The number of tetrazole rings is 1. The van der Waals surface area contributed by atoms with Crippen LogP contribution in [0.2, 0.25) is 0 Å². The van der Waals surface area contributed by atoms with Crippen molar-refractivity contribution in [3.8, 4) is 5.69 Å². The number of benzene rings is 2. The standard InChI is InChI=1S/C17H14N6OS/c1-22(10-16-19-14-4-2-3-5-15(14)25-16)17(24)12-6-8-13(9-7-12)23-11-18-20-21-23/h2-9,11H,10H2,1H3. The van der Waals surface area contributed by atoms with Crippen molar-refractivity contribution >= 4 is 27.5 Å². The average Bonchev–Trinajstić information content (AvgIpc) is 3.30. The van der Waals surface area contributed by atoms with E-state index in [4.69, 9.17) is 0 Å². The molecule has 7 nitrogen and oxygen atoms in total. The van der Waals surface area contributed by atoms with Gasteiger partial charge in [0.05, 0.1) is 22.4 Å². The highest BCUT2D eigenvalue weighted by Gasteiger charge is 2.14. The summed E-state index contributed by atoms with van der Waals surface area (Å²) in [5.74, 6) is -0.0532. The SMILES string of the molecule is CN(Cc1nc2ccccc2s1)C(=O)c1ccc(-n2cnnn2)cc1. The predicted octanol–water partition coefficient (Wildman–Crippen LogP) is 2.54. The smallest absolute Gasteiger partial charge is 0.253 e. The summed E-state index contributed by atoms with van der Waals surface area (Å²) in [4.78, 5) is 18.9. The van der Waals surface area contributed by atoms with Gasteiger partial charge >= 0.3 is 0 Å². The van der Waals surface area contributed by atoms with Crippen LogP contribution in [0.4, 0.5) is 0 Å². The second-order valence-electron chi connectivity index (χ2n) is 5.54. The van der Waals surface area contributed by atoms with Crippen molar-refractivity contribution in [2.45, 2.75) is 6.54 Å². The normalized spacial score (nSPS) is 10.9. The van der Waals surface area contributed by atoms with Gasteiger partial charge in [0.2, 0.25) is 0 Å². The molecule has 4 rings (SSSR count). The lowest BCUT2D eigenvalue weighted by Gasteiger charge is -2.15. The molecule has 0 saturated carbocycles. The number of hydrogen-bond acceptors (Lipinski definition) is 6. The van der Waals surface area contributed by atoms with E-state index in [-0.39, 0.29) is 5.91 Å². The van der Waals surface area contributed by atoms with Gasteiger partial charge in [-0.15, -0.1) is 16.4 Å². The molecule has 0 fully saturated rings. The van der Waals surface area contributed by atoms with Crippen molar-refractivity contribution < 1.29 is 4.79 Å². The Balaban J connectivity index is 1.49. The lowest BCUT2D eigenvalue weighted by Crippen LogP contribution is -2.26. The van der Waals surface area contributed by atoms with Gasteiger partial charge in [0.25, 0.3) is 5.91 Å². The number of fused-ring (bicyclic) bond motifs is 1. The number of thiazole rings is 1. The van der Waals surface area contributed by atoms with Crippen molar-refractivity contribution in [3.63, 3.8) is 0 Å². The van der Waals surface area contributed by atoms with Crippen LogP contribution in [0.25, 0.3) is 15.9 Å². The molecular formula is C17H14N6OS. The molecule has 8 heteroatoms. The van der Waals surface area contributed by atoms with Crippen LogP contribution in [0.1, 0.15) is 15.4 Å². The number of hydrogen-bond donors (Lipinski definition) is 0. The molecule has 0 aliphatic heterocycles. The maximum absolute atomic E-state index is 12.6. The zero-order chi connectivity index (χ0) is 17.2. The van der Waals surface area contributed by atoms with E-state index in [2.05, 4.69) is 20.5 Å². The van der Waals surface area contributed by atoms with Crippen LogP contribution in [-0.4, -0.2) is 43.0 Å². The summed E-state index contributed by atoms with van der Waals surface area (Å²) in [5.41, 5.74) is 2.38. The third-order valence-corrected chi connectivity index (χ3v) is 4.81. The van der Waals surface area contributed by atoms with Crippen LogP contribution < -0.4 is 0 Å². The number of carbonyl (C=O) groups is 1. The van der Waals surface area contributed by atoms with Crippen molar-refractivity contribution in [3.05, 3.63) is 65.4 Å². The van der Waals surface area contributed by atoms with E-state index in [9.17, 15) is 4.79 Å². The maximum atomic E-state index is 12.6. The maximum Gasteiger partial charge on any atom is 0.253 e. The molecule has 0 spiro atoms. The fourth-order valence-electron chi connectivity index (χ4n) is 2.52. The first-order valence-corrected chi connectivity index (χ1v) is 8.46. The highest BCUT2D eigenvalue weighted by Crippen LogP contribution is 2.22. The molecule has 1 amide bonds. The fraction of sp³-hybridized carbons (Fsp3) is 0.118. The second-order valence-corrected chi connectivity index (χ2v) is 6.65. The van der Waals surface area contributed by atoms with Crippen molar-refractivity contribution in [2.24, 2.45) is 0 Å². The van der Waals surface area contributed by atoms with Gasteiger partial charge in [-0.05, 0) is 46.8 Å². The molecule has 25 heavy (non-hydrogen) atoms. The Morgan fingerprint density at radius 3 is 2.68 bits per heavy atom. The number of nitrogens with zero attached hydrogens (tertiary/aromatic N) is 6. The Hall–Kier alpha value is -3.13. The lowest BCUT2D eigenvalue weighted by molar-refractivity contribution is 0.0785. The minimum atomic E-state index is -0.0532. The molecule has 124 valence electrons. The van der Waals surface area contributed by atoms with Gasteiger partial charge in [-0.25, -0.2) is 9.67 Å². The molecule has 2 aromatic carbocycles. The summed E-state index contributed by atoms with van der Waals surface area (Å²) >= 11 is 1.61. The first kappa shape index (κ1) is 15.4. The number of para-hydroxylation sites is 1. The average molecular weight is 350 g/mol. The number of amides is 1. The van der Waals surface area contributed by atoms with Crippen LogP contribution in [0, 0.1) is 0 Å². The van der Waals surface area contributed by atoms with Crippen LogP contribution in [0.3, 0.4) is 0 Å². The van der Waals surface area contributed by atoms with E-state index in [0.717, 1.165) is 20.9 Å². The predicted molar refractivity (Wildman–Crippen MR) is 94.6 cm³/mol. The molecule has 0 bridgehead atoms. The van der Waals surface area contributed by atoms with Gasteiger partial charge in [0.15, 0.2) is 0 Å². The minimum absolute atomic E-state index is 0.0532. The first-order chi connectivity index (χ1) is 12.2. The van der Waals surface area contributed by atoms with E-state index in [1.54, 1.807) is 40.1 Å². The molecule has 4 aromatic rings. The highest BCUT2D eigenvalue weighted by molar-refractivity contribution is 7.18. The number of carbonyl (C=O) groups excluding carboxylic acids is 1. The summed E-state index contributed by atoms with van der Waals surface area (Å²) < 4.78 is 2.67. The molecule has 0 atom stereocenters. The second kappa shape index (κ2) is 6.40. The summed E-state index contributed by atoms with van der Waals surface area (Å²) in [6.45, 7) is 0.479. The van der Waals surface area contributed by atoms with Gasteiger partial charge in [-0.3, -0.25) is 4.79 Å². The third kappa shape index (κ3) is 3.11. The molecule has 0 N–H and O–H groups in total. The Labute approximate surface area is 147 Å². The summed E-state index contributed by atoms with van der Waals surface area (Å²) in [7, 11) is 1.78. The summed E-state index contributed by atoms with van der Waals surface area (Å²) in [6, 6.07) is 15.1. The Kier molecular flexibility index (Phi) is 3.95. The summed E-state index contributed by atoms with van der Waals surface area (Å²) in [6.07, 6.45) is 1.51. The van der Waals surface area contributed by atoms with Crippen LogP contribution in [0.15, 0.2) is 54.9 Å². The van der Waals surface area contributed by atoms with E-state index in [1.807, 2.05) is 36.4 Å². The van der Waals surface area contributed by atoms with Gasteiger partial charge in [-0.1, -0.05) is 12.1 Å². The summed E-state index contributed by atoms with van der Waals surface area (Å²) in [5, 5.41) is 11.9. The molecule has 0 saturated heterocycles. The third-order valence-electron chi connectivity index (χ3n) is 3.79. The quantitative estimate of drug-likeness (QED) is 0.565. The monoisotopic (exact) mass is 350 g/mol. The van der Waals surface area contributed by atoms with Gasteiger partial charge in [0.1, 0.15) is 11.3 Å². The van der Waals surface area contributed by atoms with Crippen LogP contribution >= 0.6 is 11.3 Å². The van der Waals surface area contributed by atoms with E-state index in [1.165, 1.54) is 6.33 Å². The van der Waals surface area contributed by atoms with Crippen molar-refractivity contribution in [1.82, 2.24) is 30.1 Å². The number of aromatic nitrogens is 5. The molecule has 0 unspecified atom stereocenters. The van der Waals surface area contributed by atoms with Crippen LogP contribution in [-0.2, 0) is 6.54 Å². The van der Waals surface area contributed by atoms with Crippen molar-refractivity contribution in [2.75, 3.05) is 7.05 Å². The zero-order valence-electron chi connectivity index (χ0n) is 13.4. The largest absolute Gasteiger partial charge is 0.335 e. The van der Waals surface area contributed by atoms with Gasteiger partial charge in [-0.2, -0.15) is 0 Å². The van der Waals surface area contributed by atoms with Crippen molar-refractivity contribution in [1.29, 1.82) is 0 Å². The molecule has 2 heterocycles. The minimum Gasteiger partial charge on any atom is -0.335 e. The van der Waals surface area contributed by atoms with Gasteiger partial charge in [0, 0.05) is 12.6 Å². The van der Waals surface area contributed by atoms with E-state index in [0.29, 0.717) is 12.1 Å². The fourth-order valence-corrected chi connectivity index (χ4v) is 3.54. The molecule has 0 aliphatic carbocycles. The topological polar surface area (TPSA) is 76.8 Å². The lowest BCUT2D eigenvalue weighted by atomic mass is 10.2. The Morgan fingerprint density at radius 2 is 1.96 bits per heavy atom. The van der Waals surface area contributed by atoms with Crippen LogP contribution in [0.5, 0.6) is 0 Å².